The van der Waals surface area contributed by atoms with Crippen molar-refractivity contribution in [1.29, 1.82) is 0 Å². The number of hydrogen-bond acceptors (Lipinski definition) is 7. The summed E-state index contributed by atoms with van der Waals surface area (Å²) >= 11 is 1.64. The van der Waals surface area contributed by atoms with Gasteiger partial charge < -0.3 is 21.4 Å². The van der Waals surface area contributed by atoms with E-state index in [1.807, 2.05) is 54.9 Å². The molecule has 0 radical (unpaired) electrons. The second kappa shape index (κ2) is 9.41. The van der Waals surface area contributed by atoms with Crippen molar-refractivity contribution >= 4 is 40.5 Å². The molecule has 1 aromatic heterocycles. The van der Waals surface area contributed by atoms with Crippen LogP contribution in [0.4, 0.5) is 16.2 Å². The van der Waals surface area contributed by atoms with Gasteiger partial charge >= 0.3 is 6.03 Å². The van der Waals surface area contributed by atoms with Gasteiger partial charge in [0.05, 0.1) is 41.4 Å². The Labute approximate surface area is 191 Å². The Morgan fingerprint density at radius 2 is 2.06 bits per heavy atom. The van der Waals surface area contributed by atoms with Crippen LogP contribution in [0.5, 0.6) is 0 Å². The zero-order valence-corrected chi connectivity index (χ0v) is 18.7. The predicted molar refractivity (Wildman–Crippen MR) is 129 cm³/mol. The number of dihydropyridines is 1. The first-order valence-corrected chi connectivity index (χ1v) is 11.7. The molecule has 168 valence electrons. The Balaban J connectivity index is 1.78. The number of aromatic nitrogens is 1. The van der Waals surface area contributed by atoms with Crippen molar-refractivity contribution < 1.29 is 9.59 Å². The second-order valence-electron chi connectivity index (χ2n) is 7.50. The van der Waals surface area contributed by atoms with E-state index in [0.29, 0.717) is 35.7 Å². The number of para-hydroxylation sites is 1. The molecule has 1 aromatic carbocycles. The molecule has 2 aliphatic heterocycles. The fourth-order valence-corrected chi connectivity index (χ4v) is 4.24. The number of carbonyl (C=O) groups excluding carboxylic acids is 2. The molecule has 3 heterocycles. The van der Waals surface area contributed by atoms with E-state index in [2.05, 4.69) is 10.6 Å². The maximum atomic E-state index is 13.3. The summed E-state index contributed by atoms with van der Waals surface area (Å²) in [5.41, 5.74) is 3.77. The van der Waals surface area contributed by atoms with Crippen LogP contribution in [0.15, 0.2) is 48.7 Å². The lowest BCUT2D eigenvalue weighted by Gasteiger charge is -2.28. The van der Waals surface area contributed by atoms with Gasteiger partial charge in [0.1, 0.15) is 0 Å². The third-order valence-corrected chi connectivity index (χ3v) is 6.09. The summed E-state index contributed by atoms with van der Waals surface area (Å²) in [7, 11) is 0. The molecule has 4 rings (SSSR count). The first-order valence-electron chi connectivity index (χ1n) is 10.3. The molecule has 0 atom stereocenters. The first-order chi connectivity index (χ1) is 15.5. The largest absolute Gasteiger partial charge is 0.387 e. The van der Waals surface area contributed by atoms with Gasteiger partial charge in [-0.1, -0.05) is 24.3 Å². The molecule has 2 amide bonds. The second-order valence-corrected chi connectivity index (χ2v) is 8.49. The third kappa shape index (κ3) is 4.06. The van der Waals surface area contributed by atoms with Crippen LogP contribution in [0.3, 0.4) is 0 Å². The molecular formula is C22H27N7O2S. The zero-order chi connectivity index (χ0) is 22.7. The van der Waals surface area contributed by atoms with Crippen LogP contribution in [-0.4, -0.2) is 53.0 Å². The van der Waals surface area contributed by atoms with Gasteiger partial charge in [-0.2, -0.15) is 11.8 Å². The lowest BCUT2D eigenvalue weighted by Crippen LogP contribution is -2.46. The van der Waals surface area contributed by atoms with Gasteiger partial charge in [-0.3, -0.25) is 14.5 Å². The Morgan fingerprint density at radius 1 is 1.28 bits per heavy atom. The van der Waals surface area contributed by atoms with Crippen molar-refractivity contribution in [1.82, 2.24) is 20.2 Å². The number of hydrazine groups is 1. The molecule has 6 N–H and O–H groups in total. The van der Waals surface area contributed by atoms with Crippen LogP contribution >= 0.6 is 11.8 Å². The highest BCUT2D eigenvalue weighted by atomic mass is 32.2. The number of nitrogen functional groups attached to an aromatic ring is 1. The number of rotatable bonds is 6. The van der Waals surface area contributed by atoms with Crippen molar-refractivity contribution in [3.63, 3.8) is 0 Å². The Bertz CT molecular complexity index is 1080. The average molecular weight is 454 g/mol. The molecule has 0 aliphatic carbocycles. The number of anilines is 2. The number of nitrogens with one attached hydrogen (secondary N) is 2. The fourth-order valence-electron chi connectivity index (χ4n) is 3.93. The summed E-state index contributed by atoms with van der Waals surface area (Å²) in [6.45, 7) is 1.35. The highest BCUT2D eigenvalue weighted by Gasteiger charge is 2.37. The van der Waals surface area contributed by atoms with Gasteiger partial charge in [0.15, 0.2) is 5.78 Å². The summed E-state index contributed by atoms with van der Waals surface area (Å²) in [5, 5.41) is 7.48. The number of benzene rings is 1. The summed E-state index contributed by atoms with van der Waals surface area (Å²) in [6.07, 6.45) is 7.70. The van der Waals surface area contributed by atoms with Gasteiger partial charge in [0, 0.05) is 24.4 Å². The number of fused-ring (bicyclic) bond motifs is 1. The molecule has 0 saturated carbocycles. The number of nitrogens with two attached hydrogens (primary N) is 2. The molecule has 0 bridgehead atoms. The van der Waals surface area contributed by atoms with Crippen LogP contribution in [0, 0.1) is 0 Å². The summed E-state index contributed by atoms with van der Waals surface area (Å²) in [6, 6.07) is 9.12. The number of hydrogen-bond donors (Lipinski definition) is 4. The maximum Gasteiger partial charge on any atom is 0.318 e. The van der Waals surface area contributed by atoms with Crippen LogP contribution in [-0.2, 0) is 6.54 Å². The van der Waals surface area contributed by atoms with Crippen molar-refractivity contribution in [3.05, 3.63) is 65.6 Å². The molecule has 2 aromatic rings. The van der Waals surface area contributed by atoms with Crippen molar-refractivity contribution in [2.75, 3.05) is 42.5 Å². The number of Topliss-reactive ketones (excluding diaryl/α,β-unsaturated/α-hetero) is 1. The van der Waals surface area contributed by atoms with Crippen LogP contribution in [0.1, 0.15) is 21.7 Å². The standard InChI is InChI=1S/C22H27N7O2S/c1-32-12-11-26-22(31)27-13-17-19(18(30)14-27)21(28(23)16-5-3-2-4-6-16)20(29(17)24)15-7-9-25-10-8-15/h2-9,25H,10-14,23-24H2,1H3,(H,26,31). The summed E-state index contributed by atoms with van der Waals surface area (Å²) < 4.78 is 1.49. The fraction of sp³-hybridized carbons (Fsp3) is 0.273. The molecule has 0 fully saturated rings. The number of urea groups is 1. The number of thioether (sulfide) groups is 1. The van der Waals surface area contributed by atoms with E-state index < -0.39 is 0 Å². The van der Waals surface area contributed by atoms with Gasteiger partial charge in [0.2, 0.25) is 0 Å². The average Bonchev–Trinajstić information content (AvgIpc) is 3.12. The smallest absolute Gasteiger partial charge is 0.318 e. The van der Waals surface area contributed by atoms with Gasteiger partial charge in [-0.05, 0) is 30.7 Å². The Kier molecular flexibility index (Phi) is 6.42. The molecule has 9 nitrogen and oxygen atoms in total. The van der Waals surface area contributed by atoms with E-state index in [9.17, 15) is 9.59 Å². The number of ketones is 1. The topological polar surface area (TPSA) is 122 Å². The van der Waals surface area contributed by atoms with Gasteiger partial charge in [0.25, 0.3) is 0 Å². The third-order valence-electron chi connectivity index (χ3n) is 5.47. The van der Waals surface area contributed by atoms with E-state index in [0.717, 1.165) is 17.0 Å². The van der Waals surface area contributed by atoms with Crippen LogP contribution in [0.2, 0.25) is 0 Å². The monoisotopic (exact) mass is 453 g/mol. The van der Waals surface area contributed by atoms with E-state index >= 15 is 0 Å². The molecule has 0 saturated heterocycles. The molecule has 10 heteroatoms. The number of carbonyl (C=O) groups is 2. The Hall–Kier alpha value is -3.37. The molecule has 0 spiro atoms. The number of nitrogens with zero attached hydrogens (tertiary/aromatic N) is 3. The van der Waals surface area contributed by atoms with Gasteiger partial charge in [-0.25, -0.2) is 10.6 Å². The normalized spacial score (nSPS) is 15.1. The van der Waals surface area contributed by atoms with E-state index in [-0.39, 0.29) is 24.9 Å². The quantitative estimate of drug-likeness (QED) is 0.299. The van der Waals surface area contributed by atoms with Crippen molar-refractivity contribution in [2.45, 2.75) is 6.54 Å². The van der Waals surface area contributed by atoms with Crippen LogP contribution in [0.25, 0.3) is 5.57 Å². The minimum Gasteiger partial charge on any atom is -0.387 e. The lowest BCUT2D eigenvalue weighted by molar-refractivity contribution is 0.0917. The zero-order valence-electron chi connectivity index (χ0n) is 17.9. The number of amides is 2. The van der Waals surface area contributed by atoms with Gasteiger partial charge in [-0.15, -0.1) is 0 Å². The van der Waals surface area contributed by atoms with E-state index in [4.69, 9.17) is 11.7 Å². The maximum absolute atomic E-state index is 13.3. The predicted octanol–water partition coefficient (Wildman–Crippen LogP) is 1.78. The van der Waals surface area contributed by atoms with Crippen LogP contribution < -0.4 is 27.3 Å². The number of allylic oxidation sites excluding steroid dienone is 2. The highest BCUT2D eigenvalue weighted by molar-refractivity contribution is 7.98. The molecule has 0 unspecified atom stereocenters. The SMILES string of the molecule is CSCCNC(=O)N1CC(=O)c2c(N(N)c3ccccc3)c(C3=CCNC=C3)n(N)c2C1. The van der Waals surface area contributed by atoms with E-state index in [1.54, 1.807) is 11.8 Å². The lowest BCUT2D eigenvalue weighted by atomic mass is 10.0. The summed E-state index contributed by atoms with van der Waals surface area (Å²) in [5.74, 6) is 13.7. The van der Waals surface area contributed by atoms with E-state index in [1.165, 1.54) is 14.6 Å². The minimum atomic E-state index is -0.281. The highest BCUT2D eigenvalue weighted by Crippen LogP contribution is 2.40. The van der Waals surface area contributed by atoms with Crippen molar-refractivity contribution in [2.24, 2.45) is 5.84 Å². The minimum absolute atomic E-state index is 0.0341. The first kappa shape index (κ1) is 21.8. The van der Waals surface area contributed by atoms with Crippen molar-refractivity contribution in [3.8, 4) is 0 Å². The summed E-state index contributed by atoms with van der Waals surface area (Å²) in [4.78, 5) is 27.4. The Morgan fingerprint density at radius 3 is 2.75 bits per heavy atom. The molecule has 2 aliphatic rings. The molecular weight excluding hydrogens is 426 g/mol. The molecule has 32 heavy (non-hydrogen) atoms.